The molecule has 1 aliphatic heterocycles. The van der Waals surface area contributed by atoms with Crippen LogP contribution >= 0.6 is 0 Å². The Kier molecular flexibility index (Phi) is 5.85. The van der Waals surface area contributed by atoms with E-state index in [-0.39, 0.29) is 5.91 Å². The minimum absolute atomic E-state index is 0.0725. The Labute approximate surface area is 132 Å². The SMILES string of the molecule is COCCN(C)C(=O)c1cc(C)nc(C2CCN(C)CC2)n1. The Morgan fingerprint density at radius 1 is 1.41 bits per heavy atom. The van der Waals surface area contributed by atoms with Crippen LogP contribution in [0.15, 0.2) is 6.07 Å². The first-order valence-electron chi connectivity index (χ1n) is 7.79. The summed E-state index contributed by atoms with van der Waals surface area (Å²) in [5.74, 6) is 1.10. The van der Waals surface area contributed by atoms with E-state index in [0.717, 1.165) is 37.4 Å². The van der Waals surface area contributed by atoms with Crippen LogP contribution in [-0.2, 0) is 4.74 Å². The zero-order chi connectivity index (χ0) is 16.1. The molecule has 6 heteroatoms. The molecule has 0 aromatic carbocycles. The maximum Gasteiger partial charge on any atom is 0.272 e. The minimum atomic E-state index is -0.0725. The number of aryl methyl sites for hydroxylation is 1. The van der Waals surface area contributed by atoms with E-state index in [2.05, 4.69) is 21.9 Å². The summed E-state index contributed by atoms with van der Waals surface area (Å²) in [5.41, 5.74) is 1.34. The molecule has 0 bridgehead atoms. The van der Waals surface area contributed by atoms with Crippen molar-refractivity contribution in [2.45, 2.75) is 25.7 Å². The molecule has 1 amide bonds. The quantitative estimate of drug-likeness (QED) is 0.821. The Balaban J connectivity index is 2.14. The van der Waals surface area contributed by atoms with Crippen LogP contribution in [0.25, 0.3) is 0 Å². The van der Waals surface area contributed by atoms with Gasteiger partial charge in [-0.05, 0) is 46.0 Å². The molecule has 1 aromatic heterocycles. The van der Waals surface area contributed by atoms with Crippen LogP contribution in [0.2, 0.25) is 0 Å². The number of likely N-dealkylation sites (N-methyl/N-ethyl adjacent to an activating group) is 1. The van der Waals surface area contributed by atoms with Gasteiger partial charge in [-0.2, -0.15) is 0 Å². The van der Waals surface area contributed by atoms with E-state index in [1.54, 1.807) is 25.1 Å². The van der Waals surface area contributed by atoms with Crippen LogP contribution in [0.3, 0.4) is 0 Å². The Morgan fingerprint density at radius 3 is 2.73 bits per heavy atom. The van der Waals surface area contributed by atoms with Gasteiger partial charge in [-0.15, -0.1) is 0 Å². The molecule has 1 aromatic rings. The van der Waals surface area contributed by atoms with Gasteiger partial charge >= 0.3 is 0 Å². The first-order valence-corrected chi connectivity index (χ1v) is 7.79. The lowest BCUT2D eigenvalue weighted by Gasteiger charge is -2.28. The van der Waals surface area contributed by atoms with Crippen molar-refractivity contribution >= 4 is 5.91 Å². The Morgan fingerprint density at radius 2 is 2.09 bits per heavy atom. The van der Waals surface area contributed by atoms with E-state index >= 15 is 0 Å². The molecule has 0 atom stereocenters. The number of nitrogens with zero attached hydrogens (tertiary/aromatic N) is 4. The van der Waals surface area contributed by atoms with E-state index in [4.69, 9.17) is 4.74 Å². The highest BCUT2D eigenvalue weighted by molar-refractivity contribution is 5.92. The fourth-order valence-corrected chi connectivity index (χ4v) is 2.68. The Bertz CT molecular complexity index is 513. The van der Waals surface area contributed by atoms with Crippen molar-refractivity contribution < 1.29 is 9.53 Å². The highest BCUT2D eigenvalue weighted by Gasteiger charge is 2.23. The van der Waals surface area contributed by atoms with E-state index in [1.165, 1.54) is 0 Å². The van der Waals surface area contributed by atoms with Crippen LogP contribution in [-0.4, -0.2) is 73.1 Å². The molecule has 6 nitrogen and oxygen atoms in total. The van der Waals surface area contributed by atoms with Crippen molar-refractivity contribution in [2.24, 2.45) is 0 Å². The van der Waals surface area contributed by atoms with E-state index < -0.39 is 0 Å². The van der Waals surface area contributed by atoms with E-state index in [9.17, 15) is 4.79 Å². The van der Waals surface area contributed by atoms with Crippen LogP contribution in [0.1, 0.15) is 40.8 Å². The molecule has 2 rings (SSSR count). The first kappa shape index (κ1) is 16.8. The molecule has 0 N–H and O–H groups in total. The normalized spacial score (nSPS) is 16.7. The zero-order valence-electron chi connectivity index (χ0n) is 14.0. The fourth-order valence-electron chi connectivity index (χ4n) is 2.68. The number of hydrogen-bond donors (Lipinski definition) is 0. The number of carbonyl (C=O) groups is 1. The smallest absolute Gasteiger partial charge is 0.272 e. The average molecular weight is 306 g/mol. The van der Waals surface area contributed by atoms with Gasteiger partial charge in [0.05, 0.1) is 6.61 Å². The summed E-state index contributed by atoms with van der Waals surface area (Å²) in [6.07, 6.45) is 2.10. The molecule has 22 heavy (non-hydrogen) atoms. The van der Waals surface area contributed by atoms with E-state index in [1.807, 2.05) is 6.92 Å². The number of ether oxygens (including phenoxy) is 1. The van der Waals surface area contributed by atoms with E-state index in [0.29, 0.717) is 24.8 Å². The maximum atomic E-state index is 12.5. The van der Waals surface area contributed by atoms with Crippen molar-refractivity contribution in [1.82, 2.24) is 19.8 Å². The number of amides is 1. The second-order valence-corrected chi connectivity index (χ2v) is 6.05. The molecule has 1 fully saturated rings. The van der Waals surface area contributed by atoms with Crippen LogP contribution < -0.4 is 0 Å². The number of likely N-dealkylation sites (tertiary alicyclic amines) is 1. The standard InChI is InChI=1S/C16H26N4O2/c1-12-11-14(16(21)20(3)9-10-22-4)18-15(17-12)13-5-7-19(2)8-6-13/h11,13H,5-10H2,1-4H3. The van der Waals surface area contributed by atoms with Gasteiger partial charge in [0.25, 0.3) is 5.91 Å². The first-order chi connectivity index (χ1) is 10.5. The van der Waals surface area contributed by atoms with Gasteiger partial charge in [-0.25, -0.2) is 9.97 Å². The monoisotopic (exact) mass is 306 g/mol. The summed E-state index contributed by atoms with van der Waals surface area (Å²) in [5, 5.41) is 0. The van der Waals surface area contributed by atoms with Crippen LogP contribution in [0.5, 0.6) is 0 Å². The topological polar surface area (TPSA) is 58.6 Å². The van der Waals surface area contributed by atoms with Gasteiger partial charge in [-0.3, -0.25) is 4.79 Å². The van der Waals surface area contributed by atoms with Crippen LogP contribution in [0.4, 0.5) is 0 Å². The second-order valence-electron chi connectivity index (χ2n) is 6.05. The molecule has 0 radical (unpaired) electrons. The maximum absolute atomic E-state index is 12.5. The average Bonchev–Trinajstić information content (AvgIpc) is 2.52. The van der Waals surface area contributed by atoms with Gasteiger partial charge in [0.2, 0.25) is 0 Å². The molecule has 0 unspecified atom stereocenters. The zero-order valence-corrected chi connectivity index (χ0v) is 14.0. The predicted molar refractivity (Wildman–Crippen MR) is 85.1 cm³/mol. The minimum Gasteiger partial charge on any atom is -0.383 e. The van der Waals surface area contributed by atoms with Crippen LogP contribution in [0, 0.1) is 6.92 Å². The summed E-state index contributed by atoms with van der Waals surface area (Å²) in [7, 11) is 5.53. The van der Waals surface area contributed by atoms with Gasteiger partial charge in [0.1, 0.15) is 11.5 Å². The molecule has 1 aliphatic rings. The van der Waals surface area contributed by atoms with Crippen molar-refractivity contribution in [3.8, 4) is 0 Å². The second kappa shape index (κ2) is 7.65. The van der Waals surface area contributed by atoms with Gasteiger partial charge < -0.3 is 14.5 Å². The third-order valence-corrected chi connectivity index (χ3v) is 4.15. The molecule has 0 spiro atoms. The van der Waals surface area contributed by atoms with Crippen molar-refractivity contribution in [3.05, 3.63) is 23.3 Å². The largest absolute Gasteiger partial charge is 0.383 e. The lowest BCUT2D eigenvalue weighted by Crippen LogP contribution is -2.32. The van der Waals surface area contributed by atoms with Gasteiger partial charge in [0.15, 0.2) is 0 Å². The molecule has 122 valence electrons. The highest BCUT2D eigenvalue weighted by atomic mass is 16.5. The predicted octanol–water partition coefficient (Wildman–Crippen LogP) is 1.31. The van der Waals surface area contributed by atoms with Crippen molar-refractivity contribution in [1.29, 1.82) is 0 Å². The number of methoxy groups -OCH3 is 1. The van der Waals surface area contributed by atoms with Gasteiger partial charge in [0, 0.05) is 32.3 Å². The molecule has 2 heterocycles. The number of aromatic nitrogens is 2. The lowest BCUT2D eigenvalue weighted by molar-refractivity contribution is 0.0737. The molecular formula is C16H26N4O2. The third kappa shape index (κ3) is 4.24. The van der Waals surface area contributed by atoms with Crippen molar-refractivity contribution in [2.75, 3.05) is 47.4 Å². The fraction of sp³-hybridized carbons (Fsp3) is 0.688. The summed E-state index contributed by atoms with van der Waals surface area (Å²) in [6, 6.07) is 1.77. The number of rotatable bonds is 5. The summed E-state index contributed by atoms with van der Waals surface area (Å²) in [6.45, 7) is 5.11. The summed E-state index contributed by atoms with van der Waals surface area (Å²) < 4.78 is 5.02. The molecular weight excluding hydrogens is 280 g/mol. The molecule has 0 aliphatic carbocycles. The molecule has 0 saturated carbocycles. The van der Waals surface area contributed by atoms with Crippen molar-refractivity contribution in [3.63, 3.8) is 0 Å². The Hall–Kier alpha value is -1.53. The third-order valence-electron chi connectivity index (χ3n) is 4.15. The lowest BCUT2D eigenvalue weighted by atomic mass is 9.96. The number of piperidine rings is 1. The molecule has 1 saturated heterocycles. The summed E-state index contributed by atoms with van der Waals surface area (Å²) >= 11 is 0. The van der Waals surface area contributed by atoms with Gasteiger partial charge in [-0.1, -0.05) is 0 Å². The summed E-state index contributed by atoms with van der Waals surface area (Å²) in [4.78, 5) is 25.5. The number of hydrogen-bond acceptors (Lipinski definition) is 5. The highest BCUT2D eigenvalue weighted by Crippen LogP contribution is 2.25. The number of carbonyl (C=O) groups excluding carboxylic acids is 1.